The summed E-state index contributed by atoms with van der Waals surface area (Å²) in [7, 11) is 1.74. The van der Waals surface area contributed by atoms with Gasteiger partial charge in [-0.05, 0) is 38.7 Å². The lowest BCUT2D eigenvalue weighted by atomic mass is 9.80. The number of rotatable bonds is 5. The molecule has 1 aliphatic rings. The third kappa shape index (κ3) is 3.37. The van der Waals surface area contributed by atoms with E-state index in [1.165, 1.54) is 0 Å². The molecule has 0 aliphatic heterocycles. The average Bonchev–Trinajstić information content (AvgIpc) is 2.80. The molecule has 1 N–H and O–H groups in total. The quantitative estimate of drug-likeness (QED) is 0.889. The zero-order chi connectivity index (χ0) is 13.9. The lowest BCUT2D eigenvalue weighted by molar-refractivity contribution is -0.0590. The summed E-state index contributed by atoms with van der Waals surface area (Å²) >= 11 is 0. The van der Waals surface area contributed by atoms with Crippen LogP contribution in [0.2, 0.25) is 0 Å². The van der Waals surface area contributed by atoms with Crippen LogP contribution in [-0.4, -0.2) is 33.7 Å². The minimum atomic E-state index is -0.628. The van der Waals surface area contributed by atoms with Gasteiger partial charge in [-0.1, -0.05) is 6.92 Å². The van der Waals surface area contributed by atoms with Crippen LogP contribution < -0.4 is 0 Å². The van der Waals surface area contributed by atoms with Crippen molar-refractivity contribution in [3.63, 3.8) is 0 Å². The standard InChI is InChI=1S/C15H26N2O2/c1-4-12-9-13(17(5-2)16-12)10-15(18)8-6-7-14(11-15)19-3/h9,14,18H,4-8,10-11H2,1-3H3. The molecule has 0 amide bonds. The predicted molar refractivity (Wildman–Crippen MR) is 75.2 cm³/mol. The van der Waals surface area contributed by atoms with Gasteiger partial charge in [-0.2, -0.15) is 5.10 Å². The summed E-state index contributed by atoms with van der Waals surface area (Å²) in [6, 6.07) is 2.14. The Balaban J connectivity index is 2.12. The van der Waals surface area contributed by atoms with Gasteiger partial charge in [0, 0.05) is 32.2 Å². The number of hydrogen-bond acceptors (Lipinski definition) is 3. The van der Waals surface area contributed by atoms with Gasteiger partial charge in [0.2, 0.25) is 0 Å². The van der Waals surface area contributed by atoms with Gasteiger partial charge in [-0.3, -0.25) is 4.68 Å². The fraction of sp³-hybridized carbons (Fsp3) is 0.800. The van der Waals surface area contributed by atoms with E-state index < -0.39 is 5.60 Å². The summed E-state index contributed by atoms with van der Waals surface area (Å²) in [5.41, 5.74) is 1.63. The largest absolute Gasteiger partial charge is 0.389 e. The summed E-state index contributed by atoms with van der Waals surface area (Å²) in [6.45, 7) is 5.07. The van der Waals surface area contributed by atoms with Crippen molar-refractivity contribution >= 4 is 0 Å². The topological polar surface area (TPSA) is 47.3 Å². The van der Waals surface area contributed by atoms with Crippen LogP contribution in [-0.2, 0) is 24.1 Å². The van der Waals surface area contributed by atoms with E-state index in [0.29, 0.717) is 6.42 Å². The van der Waals surface area contributed by atoms with Crippen molar-refractivity contribution in [2.45, 2.75) is 70.6 Å². The molecule has 19 heavy (non-hydrogen) atoms. The summed E-state index contributed by atoms with van der Waals surface area (Å²) in [5.74, 6) is 0. The molecule has 4 heteroatoms. The third-order valence-electron chi connectivity index (χ3n) is 4.20. The average molecular weight is 266 g/mol. The molecule has 0 saturated heterocycles. The van der Waals surface area contributed by atoms with Crippen molar-refractivity contribution in [1.82, 2.24) is 9.78 Å². The van der Waals surface area contributed by atoms with Gasteiger partial charge in [-0.25, -0.2) is 0 Å². The first kappa shape index (κ1) is 14.5. The van der Waals surface area contributed by atoms with Gasteiger partial charge in [0.1, 0.15) is 0 Å². The molecule has 2 atom stereocenters. The summed E-state index contributed by atoms with van der Waals surface area (Å²) in [4.78, 5) is 0. The number of aromatic nitrogens is 2. The molecule has 2 rings (SSSR count). The van der Waals surface area contributed by atoms with Gasteiger partial charge in [0.15, 0.2) is 0 Å². The molecule has 2 unspecified atom stereocenters. The zero-order valence-electron chi connectivity index (χ0n) is 12.4. The van der Waals surface area contributed by atoms with Crippen molar-refractivity contribution in [2.75, 3.05) is 7.11 Å². The monoisotopic (exact) mass is 266 g/mol. The SMILES string of the molecule is CCc1cc(CC2(O)CCCC(OC)C2)n(CC)n1. The lowest BCUT2D eigenvalue weighted by Gasteiger charge is -2.36. The van der Waals surface area contributed by atoms with Crippen LogP contribution in [0.15, 0.2) is 6.07 Å². The molecule has 1 aromatic rings. The second-order valence-corrected chi connectivity index (χ2v) is 5.65. The third-order valence-corrected chi connectivity index (χ3v) is 4.20. The Morgan fingerprint density at radius 1 is 1.53 bits per heavy atom. The van der Waals surface area contributed by atoms with Crippen molar-refractivity contribution in [3.8, 4) is 0 Å². The molecule has 0 bridgehead atoms. The van der Waals surface area contributed by atoms with Crippen molar-refractivity contribution < 1.29 is 9.84 Å². The molecular weight excluding hydrogens is 240 g/mol. The van der Waals surface area contributed by atoms with Gasteiger partial charge in [0.25, 0.3) is 0 Å². The maximum Gasteiger partial charge on any atom is 0.0727 e. The van der Waals surface area contributed by atoms with Gasteiger partial charge < -0.3 is 9.84 Å². The second-order valence-electron chi connectivity index (χ2n) is 5.65. The molecule has 0 spiro atoms. The minimum absolute atomic E-state index is 0.197. The molecule has 108 valence electrons. The fourth-order valence-corrected chi connectivity index (χ4v) is 3.09. The molecule has 1 fully saturated rings. The normalized spacial score (nSPS) is 27.7. The Labute approximate surface area is 115 Å². The predicted octanol–water partition coefficient (Wildman–Crippen LogP) is 2.33. The van der Waals surface area contributed by atoms with Crippen molar-refractivity contribution in [3.05, 3.63) is 17.5 Å². The number of hydrogen-bond donors (Lipinski definition) is 1. The number of nitrogens with zero attached hydrogens (tertiary/aromatic N) is 2. The molecule has 4 nitrogen and oxygen atoms in total. The Bertz CT molecular complexity index is 416. The first-order valence-corrected chi connectivity index (χ1v) is 7.41. The number of aliphatic hydroxyl groups is 1. The van der Waals surface area contributed by atoms with E-state index >= 15 is 0 Å². The van der Waals surface area contributed by atoms with E-state index in [-0.39, 0.29) is 6.10 Å². The van der Waals surface area contributed by atoms with E-state index in [4.69, 9.17) is 4.74 Å². The van der Waals surface area contributed by atoms with E-state index in [2.05, 4.69) is 25.0 Å². The van der Waals surface area contributed by atoms with Crippen LogP contribution in [0.3, 0.4) is 0 Å². The van der Waals surface area contributed by atoms with E-state index in [0.717, 1.165) is 50.0 Å². The Morgan fingerprint density at radius 2 is 2.32 bits per heavy atom. The highest BCUT2D eigenvalue weighted by Crippen LogP contribution is 2.32. The van der Waals surface area contributed by atoms with Gasteiger partial charge in [-0.15, -0.1) is 0 Å². The molecule has 1 aromatic heterocycles. The summed E-state index contributed by atoms with van der Waals surface area (Å²) < 4.78 is 7.45. The maximum absolute atomic E-state index is 10.8. The highest BCUT2D eigenvalue weighted by molar-refractivity contribution is 5.13. The van der Waals surface area contributed by atoms with Crippen molar-refractivity contribution in [2.24, 2.45) is 0 Å². The molecular formula is C15H26N2O2. The number of ether oxygens (including phenoxy) is 1. The van der Waals surface area contributed by atoms with Crippen LogP contribution in [0, 0.1) is 0 Å². The maximum atomic E-state index is 10.8. The zero-order valence-corrected chi connectivity index (χ0v) is 12.4. The smallest absolute Gasteiger partial charge is 0.0727 e. The van der Waals surface area contributed by atoms with Crippen LogP contribution in [0.1, 0.15) is 50.9 Å². The van der Waals surface area contributed by atoms with Gasteiger partial charge in [0.05, 0.1) is 17.4 Å². The Hall–Kier alpha value is -0.870. The van der Waals surface area contributed by atoms with Crippen molar-refractivity contribution in [1.29, 1.82) is 0 Å². The van der Waals surface area contributed by atoms with E-state index in [9.17, 15) is 5.11 Å². The molecule has 0 aromatic carbocycles. The fourth-order valence-electron chi connectivity index (χ4n) is 3.09. The van der Waals surface area contributed by atoms with Crippen LogP contribution in [0.4, 0.5) is 0 Å². The summed E-state index contributed by atoms with van der Waals surface area (Å²) in [5, 5.41) is 15.4. The molecule has 0 radical (unpaired) electrons. The van der Waals surface area contributed by atoms with Crippen LogP contribution >= 0.6 is 0 Å². The number of methoxy groups -OCH3 is 1. The number of aryl methyl sites for hydroxylation is 2. The lowest BCUT2D eigenvalue weighted by Crippen LogP contribution is -2.40. The molecule has 1 aliphatic carbocycles. The minimum Gasteiger partial charge on any atom is -0.389 e. The highest BCUT2D eigenvalue weighted by atomic mass is 16.5. The van der Waals surface area contributed by atoms with E-state index in [1.54, 1.807) is 7.11 Å². The van der Waals surface area contributed by atoms with Gasteiger partial charge >= 0.3 is 0 Å². The van der Waals surface area contributed by atoms with E-state index in [1.807, 2.05) is 4.68 Å². The summed E-state index contributed by atoms with van der Waals surface area (Å²) in [6.07, 6.45) is 5.53. The Morgan fingerprint density at radius 3 is 2.95 bits per heavy atom. The first-order valence-electron chi connectivity index (χ1n) is 7.41. The molecule has 1 heterocycles. The molecule has 1 saturated carbocycles. The highest BCUT2D eigenvalue weighted by Gasteiger charge is 2.35. The first-order chi connectivity index (χ1) is 9.10. The second kappa shape index (κ2) is 6.06. The Kier molecular flexibility index (Phi) is 4.63. The van der Waals surface area contributed by atoms with Crippen LogP contribution in [0.25, 0.3) is 0 Å². The van der Waals surface area contributed by atoms with Crippen LogP contribution in [0.5, 0.6) is 0 Å².